The lowest BCUT2D eigenvalue weighted by molar-refractivity contribution is -0.158. The van der Waals surface area contributed by atoms with Gasteiger partial charge in [-0.05, 0) is 12.5 Å². The second-order valence-corrected chi connectivity index (χ2v) is 5.10. The van der Waals surface area contributed by atoms with Crippen LogP contribution in [0.5, 0.6) is 0 Å². The molecule has 1 aromatic rings. The standard InChI is InChI=1S/C16H19NO6/c1-3-21-15(20)17-16(9-10-22-14(16)19)13(23-11(2)18)12-7-5-4-6-8-12/h4-8,13H,3,9-10H2,1-2H3,(H,17,20)/t13-,16-/m0/s1. The number of rotatable bonds is 5. The summed E-state index contributed by atoms with van der Waals surface area (Å²) in [6, 6.07) is 8.74. The fraction of sp³-hybridized carbons (Fsp3) is 0.438. The number of amides is 1. The van der Waals surface area contributed by atoms with Crippen LogP contribution in [-0.2, 0) is 23.8 Å². The SMILES string of the molecule is CCOC(=O)N[C@]1([C@@H](OC(C)=O)c2ccccc2)CCOC1=O. The maximum Gasteiger partial charge on any atom is 0.408 e. The fourth-order valence-electron chi connectivity index (χ4n) is 2.55. The van der Waals surface area contributed by atoms with Crippen molar-refractivity contribution in [1.82, 2.24) is 5.32 Å². The molecular formula is C16H19NO6. The first-order valence-electron chi connectivity index (χ1n) is 7.34. The monoisotopic (exact) mass is 321 g/mol. The summed E-state index contributed by atoms with van der Waals surface area (Å²) in [5.74, 6) is -1.22. The summed E-state index contributed by atoms with van der Waals surface area (Å²) < 4.78 is 15.3. The molecule has 1 aliphatic rings. The largest absolute Gasteiger partial charge is 0.464 e. The maximum atomic E-state index is 12.3. The molecule has 1 fully saturated rings. The van der Waals surface area contributed by atoms with E-state index >= 15 is 0 Å². The molecule has 1 N–H and O–H groups in total. The average Bonchev–Trinajstić information content (AvgIpc) is 2.87. The molecule has 7 nitrogen and oxygen atoms in total. The van der Waals surface area contributed by atoms with Crippen LogP contribution in [0.2, 0.25) is 0 Å². The number of benzene rings is 1. The summed E-state index contributed by atoms with van der Waals surface area (Å²) in [6.07, 6.45) is -1.59. The summed E-state index contributed by atoms with van der Waals surface area (Å²) in [4.78, 5) is 35.8. The van der Waals surface area contributed by atoms with Crippen molar-refractivity contribution >= 4 is 18.0 Å². The molecule has 0 aliphatic carbocycles. The van der Waals surface area contributed by atoms with Crippen molar-refractivity contribution in [3.05, 3.63) is 35.9 Å². The summed E-state index contributed by atoms with van der Waals surface area (Å²) in [5, 5.41) is 2.53. The van der Waals surface area contributed by atoms with Gasteiger partial charge in [-0.1, -0.05) is 30.3 Å². The highest BCUT2D eigenvalue weighted by Crippen LogP contribution is 2.37. The fourth-order valence-corrected chi connectivity index (χ4v) is 2.55. The van der Waals surface area contributed by atoms with Gasteiger partial charge in [-0.15, -0.1) is 0 Å². The highest BCUT2D eigenvalue weighted by molar-refractivity contribution is 5.88. The van der Waals surface area contributed by atoms with E-state index in [4.69, 9.17) is 14.2 Å². The van der Waals surface area contributed by atoms with Gasteiger partial charge in [0.05, 0.1) is 13.2 Å². The molecule has 1 aromatic carbocycles. The summed E-state index contributed by atoms with van der Waals surface area (Å²) >= 11 is 0. The Bertz CT molecular complexity index is 587. The van der Waals surface area contributed by atoms with E-state index < -0.39 is 29.7 Å². The normalized spacial score (nSPS) is 21.2. The zero-order chi connectivity index (χ0) is 16.9. The molecule has 1 saturated heterocycles. The van der Waals surface area contributed by atoms with Crippen LogP contribution in [0.15, 0.2) is 30.3 Å². The number of carbonyl (C=O) groups is 3. The molecule has 2 rings (SSSR count). The van der Waals surface area contributed by atoms with Crippen LogP contribution in [-0.4, -0.2) is 36.8 Å². The number of esters is 2. The van der Waals surface area contributed by atoms with Gasteiger partial charge in [0.15, 0.2) is 11.6 Å². The Kier molecular flexibility index (Phi) is 5.20. The van der Waals surface area contributed by atoms with Gasteiger partial charge in [-0.2, -0.15) is 0 Å². The molecule has 0 unspecified atom stereocenters. The van der Waals surface area contributed by atoms with Gasteiger partial charge in [-0.25, -0.2) is 9.59 Å². The van der Waals surface area contributed by atoms with E-state index in [1.165, 1.54) is 6.92 Å². The van der Waals surface area contributed by atoms with Crippen molar-refractivity contribution in [3.8, 4) is 0 Å². The minimum atomic E-state index is -1.50. The molecule has 1 amide bonds. The topological polar surface area (TPSA) is 90.9 Å². The molecule has 7 heteroatoms. The number of carbonyl (C=O) groups excluding carboxylic acids is 3. The third kappa shape index (κ3) is 3.61. The molecule has 1 heterocycles. The molecule has 124 valence electrons. The van der Waals surface area contributed by atoms with Crippen molar-refractivity contribution in [3.63, 3.8) is 0 Å². The molecule has 2 atom stereocenters. The molecule has 0 saturated carbocycles. The third-order valence-corrected chi connectivity index (χ3v) is 3.53. The minimum Gasteiger partial charge on any atom is -0.464 e. The minimum absolute atomic E-state index is 0.121. The van der Waals surface area contributed by atoms with E-state index in [0.717, 1.165) is 0 Å². The Morgan fingerprint density at radius 2 is 2.04 bits per heavy atom. The molecule has 0 radical (unpaired) electrons. The van der Waals surface area contributed by atoms with Crippen LogP contribution in [0.25, 0.3) is 0 Å². The predicted octanol–water partition coefficient (Wildman–Crippen LogP) is 1.72. The van der Waals surface area contributed by atoms with Crippen molar-refractivity contribution in [1.29, 1.82) is 0 Å². The van der Waals surface area contributed by atoms with Crippen molar-refractivity contribution in [2.45, 2.75) is 31.9 Å². The lowest BCUT2D eigenvalue weighted by Gasteiger charge is -2.33. The second kappa shape index (κ2) is 7.13. The summed E-state index contributed by atoms with van der Waals surface area (Å²) in [5.41, 5.74) is -0.919. The Morgan fingerprint density at radius 1 is 1.35 bits per heavy atom. The highest BCUT2D eigenvalue weighted by atomic mass is 16.6. The number of hydrogen-bond acceptors (Lipinski definition) is 6. The second-order valence-electron chi connectivity index (χ2n) is 5.10. The number of ether oxygens (including phenoxy) is 3. The Morgan fingerprint density at radius 3 is 2.57 bits per heavy atom. The van der Waals surface area contributed by atoms with E-state index in [0.29, 0.717) is 5.56 Å². The van der Waals surface area contributed by atoms with Crippen LogP contribution < -0.4 is 5.32 Å². The molecule has 0 bridgehead atoms. The van der Waals surface area contributed by atoms with E-state index in [1.807, 2.05) is 0 Å². The number of cyclic esters (lactones) is 1. The third-order valence-electron chi connectivity index (χ3n) is 3.53. The number of alkyl carbamates (subject to hydrolysis) is 1. The predicted molar refractivity (Wildman–Crippen MR) is 79.4 cm³/mol. The van der Waals surface area contributed by atoms with Gasteiger partial charge in [0.2, 0.25) is 0 Å². The van der Waals surface area contributed by atoms with Crippen molar-refractivity contribution in [2.24, 2.45) is 0 Å². The van der Waals surface area contributed by atoms with Crippen LogP contribution in [0.1, 0.15) is 31.9 Å². The van der Waals surface area contributed by atoms with Crippen LogP contribution in [0, 0.1) is 0 Å². The summed E-state index contributed by atoms with van der Waals surface area (Å²) in [7, 11) is 0. The summed E-state index contributed by atoms with van der Waals surface area (Å²) in [6.45, 7) is 3.17. The van der Waals surface area contributed by atoms with Gasteiger partial charge in [-0.3, -0.25) is 4.79 Å². The Labute approximate surface area is 133 Å². The molecular weight excluding hydrogens is 302 g/mol. The zero-order valence-corrected chi connectivity index (χ0v) is 13.0. The first kappa shape index (κ1) is 16.8. The van der Waals surface area contributed by atoms with Gasteiger partial charge in [0.1, 0.15) is 0 Å². The molecule has 23 heavy (non-hydrogen) atoms. The number of nitrogens with one attached hydrogen (secondary N) is 1. The van der Waals surface area contributed by atoms with E-state index in [9.17, 15) is 14.4 Å². The maximum absolute atomic E-state index is 12.3. The Balaban J connectivity index is 2.42. The Hall–Kier alpha value is -2.57. The average molecular weight is 321 g/mol. The molecule has 1 aliphatic heterocycles. The number of hydrogen-bond donors (Lipinski definition) is 1. The van der Waals surface area contributed by atoms with Gasteiger partial charge in [0, 0.05) is 13.3 Å². The smallest absolute Gasteiger partial charge is 0.408 e. The lowest BCUT2D eigenvalue weighted by atomic mass is 9.86. The van der Waals surface area contributed by atoms with E-state index in [1.54, 1.807) is 37.3 Å². The first-order chi connectivity index (χ1) is 11.0. The van der Waals surface area contributed by atoms with E-state index in [2.05, 4.69) is 5.32 Å². The van der Waals surface area contributed by atoms with Gasteiger partial charge >= 0.3 is 18.0 Å². The molecule has 0 aromatic heterocycles. The van der Waals surface area contributed by atoms with Gasteiger partial charge < -0.3 is 19.5 Å². The van der Waals surface area contributed by atoms with E-state index in [-0.39, 0.29) is 19.6 Å². The first-order valence-corrected chi connectivity index (χ1v) is 7.34. The van der Waals surface area contributed by atoms with Crippen molar-refractivity contribution in [2.75, 3.05) is 13.2 Å². The van der Waals surface area contributed by atoms with Crippen LogP contribution >= 0.6 is 0 Å². The van der Waals surface area contributed by atoms with Crippen molar-refractivity contribution < 1.29 is 28.6 Å². The van der Waals surface area contributed by atoms with Crippen LogP contribution in [0.3, 0.4) is 0 Å². The zero-order valence-electron chi connectivity index (χ0n) is 13.0. The molecule has 0 spiro atoms. The quantitative estimate of drug-likeness (QED) is 0.656. The lowest BCUT2D eigenvalue weighted by Crippen LogP contribution is -2.57. The van der Waals surface area contributed by atoms with Crippen LogP contribution in [0.4, 0.5) is 4.79 Å². The highest BCUT2D eigenvalue weighted by Gasteiger charge is 2.55. The van der Waals surface area contributed by atoms with Gasteiger partial charge in [0.25, 0.3) is 0 Å².